The molecule has 0 aromatic heterocycles. The standard InChI is InChI=1S/C13H16F2N2/c1-3-5-17(6-4-2)13-11(14)7-10(9-16)8-12(13)15/h7-8H,3-6H2,1-2H3. The molecular weight excluding hydrogens is 222 g/mol. The summed E-state index contributed by atoms with van der Waals surface area (Å²) >= 11 is 0. The summed E-state index contributed by atoms with van der Waals surface area (Å²) in [5, 5.41) is 8.63. The number of hydrogen-bond donors (Lipinski definition) is 0. The molecule has 0 heterocycles. The van der Waals surface area contributed by atoms with E-state index in [9.17, 15) is 8.78 Å². The van der Waals surface area contributed by atoms with Crippen LogP contribution in [0.5, 0.6) is 0 Å². The molecule has 0 aliphatic rings. The van der Waals surface area contributed by atoms with Crippen molar-refractivity contribution in [3.63, 3.8) is 0 Å². The molecule has 0 N–H and O–H groups in total. The predicted octanol–water partition coefficient (Wildman–Crippen LogP) is 3.46. The lowest BCUT2D eigenvalue weighted by atomic mass is 10.1. The Hall–Kier alpha value is -1.63. The quantitative estimate of drug-likeness (QED) is 0.785. The van der Waals surface area contributed by atoms with E-state index < -0.39 is 11.6 Å². The van der Waals surface area contributed by atoms with Crippen molar-refractivity contribution in [1.82, 2.24) is 0 Å². The van der Waals surface area contributed by atoms with E-state index in [4.69, 9.17) is 5.26 Å². The maximum Gasteiger partial charge on any atom is 0.150 e. The Morgan fingerprint density at radius 3 is 1.94 bits per heavy atom. The summed E-state index contributed by atoms with van der Waals surface area (Å²) in [5.74, 6) is -1.33. The molecule has 0 saturated heterocycles. The van der Waals surface area contributed by atoms with Crippen LogP contribution in [0.25, 0.3) is 0 Å². The lowest BCUT2D eigenvalue weighted by Gasteiger charge is -2.24. The Balaban J connectivity index is 3.14. The van der Waals surface area contributed by atoms with E-state index in [-0.39, 0.29) is 11.3 Å². The van der Waals surface area contributed by atoms with Gasteiger partial charge in [-0.25, -0.2) is 8.78 Å². The molecule has 0 fully saturated rings. The van der Waals surface area contributed by atoms with Gasteiger partial charge in [0.05, 0.1) is 11.6 Å². The van der Waals surface area contributed by atoms with Crippen molar-refractivity contribution in [3.8, 4) is 6.07 Å². The van der Waals surface area contributed by atoms with Crippen LogP contribution in [-0.4, -0.2) is 13.1 Å². The second-order valence-electron chi connectivity index (χ2n) is 3.89. The van der Waals surface area contributed by atoms with Crippen LogP contribution < -0.4 is 4.90 Å². The normalized spacial score (nSPS) is 10.1. The van der Waals surface area contributed by atoms with Crippen LogP contribution in [0.4, 0.5) is 14.5 Å². The minimum atomic E-state index is -0.663. The minimum Gasteiger partial charge on any atom is -0.367 e. The van der Waals surface area contributed by atoms with Crippen LogP contribution in [0.3, 0.4) is 0 Å². The van der Waals surface area contributed by atoms with Gasteiger partial charge in [-0.15, -0.1) is 0 Å². The number of anilines is 1. The molecule has 17 heavy (non-hydrogen) atoms. The fraction of sp³-hybridized carbons (Fsp3) is 0.462. The first-order valence-corrected chi connectivity index (χ1v) is 5.78. The van der Waals surface area contributed by atoms with Gasteiger partial charge in [0.15, 0.2) is 11.6 Å². The highest BCUT2D eigenvalue weighted by molar-refractivity contribution is 5.52. The second-order valence-corrected chi connectivity index (χ2v) is 3.89. The zero-order chi connectivity index (χ0) is 12.8. The number of nitriles is 1. The molecule has 0 unspecified atom stereocenters. The van der Waals surface area contributed by atoms with Crippen molar-refractivity contribution >= 4 is 5.69 Å². The fourth-order valence-corrected chi connectivity index (χ4v) is 1.81. The van der Waals surface area contributed by atoms with Crippen LogP contribution in [0.15, 0.2) is 12.1 Å². The van der Waals surface area contributed by atoms with Gasteiger partial charge >= 0.3 is 0 Å². The molecule has 1 rings (SSSR count). The topological polar surface area (TPSA) is 27.0 Å². The van der Waals surface area contributed by atoms with Crippen molar-refractivity contribution < 1.29 is 8.78 Å². The smallest absolute Gasteiger partial charge is 0.150 e. The Bertz CT molecular complexity index is 395. The molecule has 0 atom stereocenters. The Morgan fingerprint density at radius 2 is 1.59 bits per heavy atom. The van der Waals surface area contributed by atoms with Crippen LogP contribution >= 0.6 is 0 Å². The lowest BCUT2D eigenvalue weighted by Crippen LogP contribution is -2.27. The largest absolute Gasteiger partial charge is 0.367 e. The molecule has 0 saturated carbocycles. The average Bonchev–Trinajstić information content (AvgIpc) is 2.28. The molecule has 0 bridgehead atoms. The third kappa shape index (κ3) is 3.16. The van der Waals surface area contributed by atoms with Gasteiger partial charge in [0.2, 0.25) is 0 Å². The predicted molar refractivity (Wildman–Crippen MR) is 63.9 cm³/mol. The van der Waals surface area contributed by atoms with E-state index in [1.54, 1.807) is 11.0 Å². The first-order chi connectivity index (χ1) is 8.13. The minimum absolute atomic E-state index is 0.0108. The van der Waals surface area contributed by atoms with E-state index >= 15 is 0 Å². The molecule has 0 radical (unpaired) electrons. The van der Waals surface area contributed by atoms with Crippen LogP contribution in [0.2, 0.25) is 0 Å². The third-order valence-corrected chi connectivity index (χ3v) is 2.45. The van der Waals surface area contributed by atoms with E-state index in [1.807, 2.05) is 13.8 Å². The zero-order valence-electron chi connectivity index (χ0n) is 10.1. The van der Waals surface area contributed by atoms with E-state index in [1.165, 1.54) is 0 Å². The Labute approximate surface area is 100 Å². The molecule has 0 spiro atoms. The van der Waals surface area contributed by atoms with Crippen molar-refractivity contribution in [1.29, 1.82) is 5.26 Å². The molecule has 0 amide bonds. The number of nitrogens with zero attached hydrogens (tertiary/aromatic N) is 2. The molecule has 1 aromatic carbocycles. The molecule has 0 aliphatic carbocycles. The molecule has 2 nitrogen and oxygen atoms in total. The summed E-state index contributed by atoms with van der Waals surface area (Å²) < 4.78 is 27.5. The maximum absolute atomic E-state index is 13.8. The van der Waals surface area contributed by atoms with Gasteiger partial charge in [0.1, 0.15) is 5.69 Å². The molecule has 4 heteroatoms. The molecule has 1 aromatic rings. The highest BCUT2D eigenvalue weighted by Gasteiger charge is 2.16. The monoisotopic (exact) mass is 238 g/mol. The zero-order valence-corrected chi connectivity index (χ0v) is 10.1. The maximum atomic E-state index is 13.8. The number of rotatable bonds is 5. The summed E-state index contributed by atoms with van der Waals surface area (Å²) in [6.45, 7) is 5.13. The summed E-state index contributed by atoms with van der Waals surface area (Å²) in [6, 6.07) is 3.90. The molecular formula is C13H16F2N2. The molecule has 0 aliphatic heterocycles. The Morgan fingerprint density at radius 1 is 1.12 bits per heavy atom. The van der Waals surface area contributed by atoms with Crippen molar-refractivity contribution in [3.05, 3.63) is 29.3 Å². The third-order valence-electron chi connectivity index (χ3n) is 2.45. The highest BCUT2D eigenvalue weighted by atomic mass is 19.1. The van der Waals surface area contributed by atoms with Gasteiger partial charge in [-0.1, -0.05) is 13.8 Å². The van der Waals surface area contributed by atoms with Gasteiger partial charge in [0, 0.05) is 13.1 Å². The SMILES string of the molecule is CCCN(CCC)c1c(F)cc(C#N)cc1F. The second kappa shape index (κ2) is 6.19. The van der Waals surface area contributed by atoms with E-state index in [0.717, 1.165) is 25.0 Å². The summed E-state index contributed by atoms with van der Waals surface area (Å²) in [6.07, 6.45) is 1.64. The van der Waals surface area contributed by atoms with Crippen molar-refractivity contribution in [2.24, 2.45) is 0 Å². The van der Waals surface area contributed by atoms with Gasteiger partial charge in [-0.3, -0.25) is 0 Å². The van der Waals surface area contributed by atoms with Gasteiger partial charge in [-0.2, -0.15) is 5.26 Å². The molecule has 92 valence electrons. The van der Waals surface area contributed by atoms with Crippen LogP contribution in [0.1, 0.15) is 32.3 Å². The van der Waals surface area contributed by atoms with Crippen molar-refractivity contribution in [2.75, 3.05) is 18.0 Å². The highest BCUT2D eigenvalue weighted by Crippen LogP contribution is 2.25. The van der Waals surface area contributed by atoms with Gasteiger partial charge in [0.25, 0.3) is 0 Å². The van der Waals surface area contributed by atoms with Crippen LogP contribution in [0, 0.1) is 23.0 Å². The van der Waals surface area contributed by atoms with Gasteiger partial charge in [-0.05, 0) is 25.0 Å². The number of halogens is 2. The summed E-state index contributed by atoms with van der Waals surface area (Å²) in [4.78, 5) is 1.69. The Kier molecular flexibility index (Phi) is 4.89. The number of hydrogen-bond acceptors (Lipinski definition) is 2. The fourth-order valence-electron chi connectivity index (χ4n) is 1.81. The first-order valence-electron chi connectivity index (χ1n) is 5.78. The summed E-state index contributed by atoms with van der Waals surface area (Å²) in [5.41, 5.74) is -0.00982. The van der Waals surface area contributed by atoms with Crippen LogP contribution in [-0.2, 0) is 0 Å². The van der Waals surface area contributed by atoms with Crippen molar-refractivity contribution in [2.45, 2.75) is 26.7 Å². The summed E-state index contributed by atoms with van der Waals surface area (Å²) in [7, 11) is 0. The first kappa shape index (κ1) is 13.4. The van der Waals surface area contributed by atoms with E-state index in [0.29, 0.717) is 13.1 Å². The number of benzene rings is 1. The van der Waals surface area contributed by atoms with Gasteiger partial charge < -0.3 is 4.90 Å². The van der Waals surface area contributed by atoms with E-state index in [2.05, 4.69) is 0 Å². The average molecular weight is 238 g/mol. The lowest BCUT2D eigenvalue weighted by molar-refractivity contribution is 0.566.